The number of carbonyl (C=O) groups excluding carboxylic acids is 1. The van der Waals surface area contributed by atoms with Crippen LogP contribution < -0.4 is 0 Å². The van der Waals surface area contributed by atoms with Gasteiger partial charge >= 0.3 is 0 Å². The first kappa shape index (κ1) is 20.2. The van der Waals surface area contributed by atoms with Crippen molar-refractivity contribution >= 4 is 63.5 Å². The van der Waals surface area contributed by atoms with Crippen molar-refractivity contribution in [2.45, 2.75) is 13.0 Å². The summed E-state index contributed by atoms with van der Waals surface area (Å²) < 4.78 is 6.42. The summed E-state index contributed by atoms with van der Waals surface area (Å²) in [5.41, 5.74) is 1.84. The Morgan fingerprint density at radius 3 is 2.55 bits per heavy atom. The van der Waals surface area contributed by atoms with Gasteiger partial charge in [0, 0.05) is 11.6 Å². The zero-order valence-corrected chi connectivity index (χ0v) is 18.4. The number of rotatable bonds is 4. The molecule has 1 aliphatic rings. The average Bonchev–Trinajstić information content (AvgIpc) is 3.29. The summed E-state index contributed by atoms with van der Waals surface area (Å²) in [6.45, 7) is 1.97. The van der Waals surface area contributed by atoms with E-state index in [1.54, 1.807) is 23.1 Å². The molecule has 0 saturated carbocycles. The summed E-state index contributed by atoms with van der Waals surface area (Å²) in [5.74, 6) is 1.09. The van der Waals surface area contributed by atoms with Gasteiger partial charge in [0.05, 0.1) is 21.0 Å². The van der Waals surface area contributed by atoms with E-state index in [4.69, 9.17) is 39.8 Å². The number of carbonyl (C=O) groups is 1. The van der Waals surface area contributed by atoms with Crippen molar-refractivity contribution < 1.29 is 9.21 Å². The Morgan fingerprint density at radius 2 is 1.83 bits per heavy atom. The molecule has 3 aromatic rings. The lowest BCUT2D eigenvalue weighted by molar-refractivity contribution is -0.123. The molecule has 3 nitrogen and oxygen atoms in total. The predicted octanol–water partition coefficient (Wildman–Crippen LogP) is 7.22. The molecule has 0 radical (unpaired) electrons. The monoisotopic (exact) mass is 459 g/mol. The molecule has 2 heterocycles. The van der Waals surface area contributed by atoms with Crippen LogP contribution in [0.15, 0.2) is 70.0 Å². The maximum atomic E-state index is 13.0. The van der Waals surface area contributed by atoms with Gasteiger partial charge in [0.15, 0.2) is 0 Å². The van der Waals surface area contributed by atoms with Gasteiger partial charge in [-0.1, -0.05) is 77.5 Å². The van der Waals surface area contributed by atoms with E-state index in [-0.39, 0.29) is 11.9 Å². The van der Waals surface area contributed by atoms with Gasteiger partial charge in [0.25, 0.3) is 5.91 Å². The largest absolute Gasteiger partial charge is 0.457 e. The fraction of sp³-hybridized carbons (Fsp3) is 0.0909. The molecule has 0 N–H and O–H groups in total. The maximum absolute atomic E-state index is 13.0. The van der Waals surface area contributed by atoms with Gasteiger partial charge in [-0.05, 0) is 42.8 Å². The Balaban J connectivity index is 1.58. The lowest BCUT2D eigenvalue weighted by Crippen LogP contribution is -2.30. The van der Waals surface area contributed by atoms with Crippen LogP contribution in [0.5, 0.6) is 0 Å². The summed E-state index contributed by atoms with van der Waals surface area (Å²) in [4.78, 5) is 15.1. The minimum Gasteiger partial charge on any atom is -0.457 e. The van der Waals surface area contributed by atoms with Crippen LogP contribution in [-0.2, 0) is 4.79 Å². The minimum atomic E-state index is -0.141. The Morgan fingerprint density at radius 1 is 1.07 bits per heavy atom. The summed E-state index contributed by atoms with van der Waals surface area (Å²) in [7, 11) is 0. The fourth-order valence-electron chi connectivity index (χ4n) is 3.06. The van der Waals surface area contributed by atoms with Crippen LogP contribution in [0.25, 0.3) is 17.4 Å². The van der Waals surface area contributed by atoms with Crippen LogP contribution in [0.2, 0.25) is 10.0 Å². The smallest absolute Gasteiger partial charge is 0.266 e. The van der Waals surface area contributed by atoms with Gasteiger partial charge in [0.1, 0.15) is 15.8 Å². The molecule has 1 aromatic heterocycles. The van der Waals surface area contributed by atoms with Crippen LogP contribution in [0, 0.1) is 0 Å². The molecule has 146 valence electrons. The first-order valence-electron chi connectivity index (χ1n) is 8.81. The van der Waals surface area contributed by atoms with Crippen LogP contribution >= 0.6 is 47.2 Å². The van der Waals surface area contributed by atoms with Crippen LogP contribution in [0.1, 0.15) is 24.3 Å². The number of furan rings is 1. The highest BCUT2D eigenvalue weighted by molar-refractivity contribution is 8.26. The lowest BCUT2D eigenvalue weighted by atomic mass is 10.1. The van der Waals surface area contributed by atoms with Gasteiger partial charge < -0.3 is 4.42 Å². The van der Waals surface area contributed by atoms with Crippen LogP contribution in [0.3, 0.4) is 0 Å². The van der Waals surface area contributed by atoms with Gasteiger partial charge in [0.2, 0.25) is 0 Å². The molecule has 29 heavy (non-hydrogen) atoms. The lowest BCUT2D eigenvalue weighted by Gasteiger charge is -2.23. The molecule has 1 atom stereocenters. The Bertz CT molecular complexity index is 1120. The molecule has 1 amide bonds. The van der Waals surface area contributed by atoms with Gasteiger partial charge in [-0.3, -0.25) is 9.69 Å². The molecule has 2 aromatic carbocycles. The van der Waals surface area contributed by atoms with E-state index in [0.29, 0.717) is 30.8 Å². The van der Waals surface area contributed by atoms with E-state index in [1.807, 2.05) is 55.5 Å². The number of nitrogens with zero attached hydrogens (tertiary/aromatic N) is 1. The van der Waals surface area contributed by atoms with Crippen molar-refractivity contribution in [1.29, 1.82) is 0 Å². The van der Waals surface area contributed by atoms with Gasteiger partial charge in [-0.25, -0.2) is 0 Å². The van der Waals surface area contributed by atoms with Gasteiger partial charge in [-0.2, -0.15) is 0 Å². The van der Waals surface area contributed by atoms with E-state index in [0.717, 1.165) is 11.1 Å². The third kappa shape index (κ3) is 4.14. The van der Waals surface area contributed by atoms with E-state index < -0.39 is 0 Å². The minimum absolute atomic E-state index is 0.121. The molecule has 4 rings (SSSR count). The molecule has 7 heteroatoms. The molecule has 1 saturated heterocycles. The molecule has 0 bridgehead atoms. The zero-order valence-electron chi connectivity index (χ0n) is 15.3. The number of amides is 1. The summed E-state index contributed by atoms with van der Waals surface area (Å²) in [6.07, 6.45) is 1.72. The number of hydrogen-bond acceptors (Lipinski definition) is 4. The van der Waals surface area contributed by atoms with E-state index in [2.05, 4.69) is 0 Å². The second kappa shape index (κ2) is 8.36. The summed E-state index contributed by atoms with van der Waals surface area (Å²) in [5, 5.41) is 0.941. The quantitative estimate of drug-likeness (QED) is 0.304. The number of thiocarbonyl (C=S) groups is 1. The fourth-order valence-corrected chi connectivity index (χ4v) is 4.76. The zero-order chi connectivity index (χ0) is 20.5. The molecule has 0 aliphatic carbocycles. The number of halogens is 2. The van der Waals surface area contributed by atoms with Crippen molar-refractivity contribution in [3.63, 3.8) is 0 Å². The Labute approximate surface area is 188 Å². The second-order valence-electron chi connectivity index (χ2n) is 6.47. The van der Waals surface area contributed by atoms with Crippen molar-refractivity contribution in [1.82, 2.24) is 4.90 Å². The SMILES string of the molecule is CC(c1ccccc1)N1C(=O)/C(=C\c2ccc(-c3ccc(Cl)c(Cl)c3)o2)SC1=S. The highest BCUT2D eigenvalue weighted by Crippen LogP contribution is 2.38. The maximum Gasteiger partial charge on any atom is 0.266 e. The van der Waals surface area contributed by atoms with E-state index >= 15 is 0 Å². The van der Waals surface area contributed by atoms with Crippen molar-refractivity contribution in [2.75, 3.05) is 0 Å². The predicted molar refractivity (Wildman–Crippen MR) is 124 cm³/mol. The highest BCUT2D eigenvalue weighted by atomic mass is 35.5. The highest BCUT2D eigenvalue weighted by Gasteiger charge is 2.36. The summed E-state index contributed by atoms with van der Waals surface area (Å²) >= 11 is 18.8. The van der Waals surface area contributed by atoms with Crippen molar-refractivity contribution in [2.24, 2.45) is 0 Å². The molecule has 0 spiro atoms. The number of benzene rings is 2. The first-order valence-corrected chi connectivity index (χ1v) is 10.8. The standard InChI is InChI=1S/C22H15Cl2NO2S2/c1-13(14-5-3-2-4-6-14)25-21(26)20(29-22(25)28)12-16-8-10-19(27-16)15-7-9-17(23)18(24)11-15/h2-13H,1H3/b20-12+. The molecular formula is C22H15Cl2NO2S2. The molecule has 1 fully saturated rings. The third-order valence-corrected chi connectivity index (χ3v) is 6.67. The normalized spacial score (nSPS) is 16.7. The van der Waals surface area contributed by atoms with Crippen molar-refractivity contribution in [3.8, 4) is 11.3 Å². The Hall–Kier alpha value is -2.05. The van der Waals surface area contributed by atoms with Crippen LogP contribution in [-0.4, -0.2) is 15.1 Å². The summed E-state index contributed by atoms with van der Waals surface area (Å²) in [6, 6.07) is 18.6. The van der Waals surface area contributed by atoms with E-state index in [1.165, 1.54) is 11.8 Å². The van der Waals surface area contributed by atoms with Gasteiger partial charge in [-0.15, -0.1) is 0 Å². The third-order valence-electron chi connectivity index (χ3n) is 4.60. The molecule has 1 aliphatic heterocycles. The molecular weight excluding hydrogens is 445 g/mol. The topological polar surface area (TPSA) is 33.5 Å². The Kier molecular flexibility index (Phi) is 5.83. The molecule has 1 unspecified atom stereocenters. The first-order chi connectivity index (χ1) is 13.9. The van der Waals surface area contributed by atoms with Crippen LogP contribution in [0.4, 0.5) is 0 Å². The van der Waals surface area contributed by atoms with E-state index in [9.17, 15) is 4.79 Å². The number of thioether (sulfide) groups is 1. The second-order valence-corrected chi connectivity index (χ2v) is 8.96. The van der Waals surface area contributed by atoms with Crippen molar-refractivity contribution in [3.05, 3.63) is 86.9 Å². The number of hydrogen-bond donors (Lipinski definition) is 0. The average molecular weight is 460 g/mol.